The van der Waals surface area contributed by atoms with E-state index in [1.54, 1.807) is 20.4 Å². The molecule has 0 saturated heterocycles. The number of hydrogen-bond donors (Lipinski definition) is 1. The van der Waals surface area contributed by atoms with E-state index in [2.05, 4.69) is 4.98 Å². The minimum absolute atomic E-state index is 0.517. The second-order valence-electron chi connectivity index (χ2n) is 3.99. The third kappa shape index (κ3) is 2.22. The Balaban J connectivity index is 2.56. The zero-order valence-electron chi connectivity index (χ0n) is 10.7. The summed E-state index contributed by atoms with van der Waals surface area (Å²) >= 11 is 0. The molecule has 0 aliphatic carbocycles. The number of nitrogen functional groups attached to an aromatic ring is 1. The van der Waals surface area contributed by atoms with E-state index in [0.29, 0.717) is 5.82 Å². The summed E-state index contributed by atoms with van der Waals surface area (Å²) in [5.41, 5.74) is 8.70. The predicted octanol–water partition coefficient (Wildman–Crippen LogP) is 2.66. The van der Waals surface area contributed by atoms with Gasteiger partial charge in [-0.15, -0.1) is 0 Å². The van der Waals surface area contributed by atoms with Crippen LogP contribution < -0.4 is 15.2 Å². The third-order valence-corrected chi connectivity index (χ3v) is 2.83. The number of rotatable bonds is 3. The zero-order valence-corrected chi connectivity index (χ0v) is 10.7. The van der Waals surface area contributed by atoms with Gasteiger partial charge >= 0.3 is 0 Å². The van der Waals surface area contributed by atoms with Crippen molar-refractivity contribution in [2.24, 2.45) is 0 Å². The molecule has 0 fully saturated rings. The molecule has 0 amide bonds. The van der Waals surface area contributed by atoms with E-state index in [0.717, 1.165) is 28.2 Å². The van der Waals surface area contributed by atoms with Crippen LogP contribution in [0, 0.1) is 6.92 Å². The Kier molecular flexibility index (Phi) is 3.37. The number of pyridine rings is 1. The molecule has 0 atom stereocenters. The minimum atomic E-state index is 0.517. The highest BCUT2D eigenvalue weighted by Gasteiger charge is 2.10. The van der Waals surface area contributed by atoms with Gasteiger partial charge in [0.15, 0.2) is 0 Å². The van der Waals surface area contributed by atoms with E-state index in [4.69, 9.17) is 15.2 Å². The number of aryl methyl sites for hydroxylation is 1. The van der Waals surface area contributed by atoms with Crippen LogP contribution in [0.4, 0.5) is 5.82 Å². The maximum Gasteiger partial charge on any atom is 0.130 e. The SMILES string of the molecule is COc1ccc(-c2cnc(N)cc2C)c(OC)c1. The lowest BCUT2D eigenvalue weighted by Crippen LogP contribution is -1.95. The van der Waals surface area contributed by atoms with Crippen molar-refractivity contribution in [3.8, 4) is 22.6 Å². The Bertz CT molecular complexity index is 568. The average molecular weight is 244 g/mol. The van der Waals surface area contributed by atoms with Crippen LogP contribution in [0.5, 0.6) is 11.5 Å². The first-order chi connectivity index (χ1) is 8.65. The van der Waals surface area contributed by atoms with E-state index in [9.17, 15) is 0 Å². The molecule has 94 valence electrons. The van der Waals surface area contributed by atoms with E-state index >= 15 is 0 Å². The van der Waals surface area contributed by atoms with Gasteiger partial charge in [0.2, 0.25) is 0 Å². The summed E-state index contributed by atoms with van der Waals surface area (Å²) in [6.07, 6.45) is 1.76. The summed E-state index contributed by atoms with van der Waals surface area (Å²) in [4.78, 5) is 4.13. The van der Waals surface area contributed by atoms with Crippen molar-refractivity contribution in [3.05, 3.63) is 36.0 Å². The van der Waals surface area contributed by atoms with Gasteiger partial charge in [-0.05, 0) is 30.7 Å². The highest BCUT2D eigenvalue weighted by Crippen LogP contribution is 2.34. The second kappa shape index (κ2) is 4.96. The number of ether oxygens (including phenoxy) is 2. The molecule has 0 aliphatic heterocycles. The first kappa shape index (κ1) is 12.2. The summed E-state index contributed by atoms with van der Waals surface area (Å²) < 4.78 is 10.6. The highest BCUT2D eigenvalue weighted by molar-refractivity contribution is 5.74. The van der Waals surface area contributed by atoms with Crippen LogP contribution in [-0.4, -0.2) is 19.2 Å². The van der Waals surface area contributed by atoms with Crippen molar-refractivity contribution in [2.75, 3.05) is 20.0 Å². The molecular weight excluding hydrogens is 228 g/mol. The molecule has 0 bridgehead atoms. The number of aromatic nitrogens is 1. The molecule has 0 saturated carbocycles. The molecule has 0 radical (unpaired) electrons. The largest absolute Gasteiger partial charge is 0.497 e. The number of anilines is 1. The molecule has 1 aromatic heterocycles. The Morgan fingerprint density at radius 1 is 1.06 bits per heavy atom. The van der Waals surface area contributed by atoms with Gasteiger partial charge in [0.05, 0.1) is 14.2 Å². The Labute approximate surface area is 106 Å². The quantitative estimate of drug-likeness (QED) is 0.901. The van der Waals surface area contributed by atoms with Gasteiger partial charge in [-0.2, -0.15) is 0 Å². The van der Waals surface area contributed by atoms with Gasteiger partial charge in [-0.25, -0.2) is 4.98 Å². The Morgan fingerprint density at radius 2 is 1.83 bits per heavy atom. The molecule has 0 aliphatic rings. The summed E-state index contributed by atoms with van der Waals surface area (Å²) in [7, 11) is 3.27. The number of nitrogens with zero attached hydrogens (tertiary/aromatic N) is 1. The summed E-state index contributed by atoms with van der Waals surface area (Å²) in [5, 5.41) is 0. The van der Waals surface area contributed by atoms with Gasteiger partial charge in [0, 0.05) is 23.4 Å². The standard InChI is InChI=1S/C14H16N2O2/c1-9-6-14(15)16-8-12(9)11-5-4-10(17-2)7-13(11)18-3/h4-8H,1-3H3,(H2,15,16). The fourth-order valence-electron chi connectivity index (χ4n) is 1.88. The van der Waals surface area contributed by atoms with Crippen molar-refractivity contribution in [1.29, 1.82) is 0 Å². The molecule has 0 spiro atoms. The van der Waals surface area contributed by atoms with Crippen molar-refractivity contribution >= 4 is 5.82 Å². The maximum absolute atomic E-state index is 5.66. The van der Waals surface area contributed by atoms with E-state index in [1.165, 1.54) is 0 Å². The monoisotopic (exact) mass is 244 g/mol. The summed E-state index contributed by atoms with van der Waals surface area (Å²) in [6, 6.07) is 7.55. The zero-order chi connectivity index (χ0) is 13.1. The first-order valence-electron chi connectivity index (χ1n) is 5.60. The molecule has 18 heavy (non-hydrogen) atoms. The average Bonchev–Trinajstić information content (AvgIpc) is 2.38. The highest BCUT2D eigenvalue weighted by atomic mass is 16.5. The molecule has 0 unspecified atom stereocenters. The van der Waals surface area contributed by atoms with Gasteiger partial charge < -0.3 is 15.2 Å². The van der Waals surface area contributed by atoms with Crippen molar-refractivity contribution in [3.63, 3.8) is 0 Å². The van der Waals surface area contributed by atoms with Crippen LogP contribution >= 0.6 is 0 Å². The first-order valence-corrected chi connectivity index (χ1v) is 5.60. The number of benzene rings is 1. The Hall–Kier alpha value is -2.23. The third-order valence-electron chi connectivity index (χ3n) is 2.83. The van der Waals surface area contributed by atoms with Crippen LogP contribution in [0.1, 0.15) is 5.56 Å². The van der Waals surface area contributed by atoms with Crippen LogP contribution in [-0.2, 0) is 0 Å². The van der Waals surface area contributed by atoms with E-state index in [1.807, 2.05) is 31.2 Å². The molecular formula is C14H16N2O2. The number of nitrogens with two attached hydrogens (primary N) is 1. The van der Waals surface area contributed by atoms with Gasteiger partial charge in [-0.3, -0.25) is 0 Å². The normalized spacial score (nSPS) is 10.2. The number of methoxy groups -OCH3 is 2. The molecule has 2 aromatic rings. The fraction of sp³-hybridized carbons (Fsp3) is 0.214. The summed E-state index contributed by atoms with van der Waals surface area (Å²) in [5.74, 6) is 2.03. The van der Waals surface area contributed by atoms with Gasteiger partial charge in [0.25, 0.3) is 0 Å². The molecule has 1 aromatic carbocycles. The van der Waals surface area contributed by atoms with E-state index < -0.39 is 0 Å². The van der Waals surface area contributed by atoms with Crippen LogP contribution in [0.3, 0.4) is 0 Å². The molecule has 2 N–H and O–H groups in total. The number of hydrogen-bond acceptors (Lipinski definition) is 4. The minimum Gasteiger partial charge on any atom is -0.497 e. The maximum atomic E-state index is 5.66. The smallest absolute Gasteiger partial charge is 0.130 e. The molecule has 1 heterocycles. The lowest BCUT2D eigenvalue weighted by Gasteiger charge is -2.12. The van der Waals surface area contributed by atoms with Crippen LogP contribution in [0.15, 0.2) is 30.5 Å². The molecule has 2 rings (SSSR count). The van der Waals surface area contributed by atoms with Crippen molar-refractivity contribution in [1.82, 2.24) is 4.98 Å². The van der Waals surface area contributed by atoms with Crippen LogP contribution in [0.2, 0.25) is 0 Å². The van der Waals surface area contributed by atoms with Crippen molar-refractivity contribution in [2.45, 2.75) is 6.92 Å². The molecule has 4 heteroatoms. The predicted molar refractivity (Wildman–Crippen MR) is 71.9 cm³/mol. The topological polar surface area (TPSA) is 57.4 Å². The lowest BCUT2D eigenvalue weighted by atomic mass is 10.0. The van der Waals surface area contributed by atoms with Crippen LogP contribution in [0.25, 0.3) is 11.1 Å². The van der Waals surface area contributed by atoms with Crippen molar-refractivity contribution < 1.29 is 9.47 Å². The van der Waals surface area contributed by atoms with E-state index in [-0.39, 0.29) is 0 Å². The molecule has 4 nitrogen and oxygen atoms in total. The Morgan fingerprint density at radius 3 is 2.44 bits per heavy atom. The second-order valence-corrected chi connectivity index (χ2v) is 3.99. The lowest BCUT2D eigenvalue weighted by molar-refractivity contribution is 0.395. The summed E-state index contributed by atoms with van der Waals surface area (Å²) in [6.45, 7) is 2.00. The van der Waals surface area contributed by atoms with Gasteiger partial charge in [-0.1, -0.05) is 0 Å². The fourth-order valence-corrected chi connectivity index (χ4v) is 1.88. The van der Waals surface area contributed by atoms with Gasteiger partial charge in [0.1, 0.15) is 17.3 Å².